The van der Waals surface area contributed by atoms with Crippen molar-refractivity contribution in [3.63, 3.8) is 0 Å². The van der Waals surface area contributed by atoms with Gasteiger partial charge in [-0.1, -0.05) is 29.8 Å². The van der Waals surface area contributed by atoms with Crippen LogP contribution in [0.2, 0.25) is 10.0 Å². The van der Waals surface area contributed by atoms with E-state index in [2.05, 4.69) is 21.9 Å². The zero-order valence-electron chi connectivity index (χ0n) is 19.2. The molecule has 1 aliphatic carbocycles. The van der Waals surface area contributed by atoms with Crippen LogP contribution in [0.1, 0.15) is 6.42 Å². The first kappa shape index (κ1) is 25.0. The minimum atomic E-state index is -0.691. The monoisotopic (exact) mass is 534 g/mol. The Morgan fingerprint density at radius 2 is 2.00 bits per heavy atom. The third-order valence-electron chi connectivity index (χ3n) is 6.66. The summed E-state index contributed by atoms with van der Waals surface area (Å²) in [6, 6.07) is 6.44. The molecule has 2 aromatic carbocycles. The molecule has 2 bridgehead atoms. The summed E-state index contributed by atoms with van der Waals surface area (Å²) in [5, 5.41) is 22.9. The number of anilines is 2. The van der Waals surface area contributed by atoms with E-state index in [1.54, 1.807) is 12.1 Å². The maximum absolute atomic E-state index is 14.7. The highest BCUT2D eigenvalue weighted by Crippen LogP contribution is 2.45. The molecule has 0 amide bonds. The molecule has 1 saturated carbocycles. The lowest BCUT2D eigenvalue weighted by atomic mass is 9.68. The van der Waals surface area contributed by atoms with Crippen LogP contribution in [0.4, 0.5) is 15.9 Å². The number of aliphatic hydroxyl groups is 2. The standard InChI is InChI=1S/C25H25Cl2FN4O4/c1-2-21(34)32-10-13-7-14(11-32)24(13)36-20-8-15-18(9-19(20)35-6-5-33)29-12-30-25(15)31-17-4-3-16(26)22(27)23(17)28/h2-4,8-9,12-14,21,24,33-34H,1,5-7,10-11H2,(H,29,30,31)/t13-,14+,21?,24?. The van der Waals surface area contributed by atoms with E-state index in [9.17, 15) is 14.6 Å². The van der Waals surface area contributed by atoms with Gasteiger partial charge in [0.1, 0.15) is 31.1 Å². The van der Waals surface area contributed by atoms with E-state index < -0.39 is 12.0 Å². The van der Waals surface area contributed by atoms with Crippen LogP contribution in [-0.4, -0.2) is 63.7 Å². The number of halogens is 3. The van der Waals surface area contributed by atoms with Gasteiger partial charge in [-0.05, 0) is 30.7 Å². The zero-order chi connectivity index (χ0) is 25.4. The number of hydrogen-bond acceptors (Lipinski definition) is 8. The van der Waals surface area contributed by atoms with Crippen LogP contribution >= 0.6 is 23.2 Å². The Hall–Kier alpha value is -2.69. The lowest BCUT2D eigenvalue weighted by Crippen LogP contribution is -2.62. The Morgan fingerprint density at radius 1 is 1.22 bits per heavy atom. The van der Waals surface area contributed by atoms with Gasteiger partial charge < -0.3 is 25.0 Å². The second kappa shape index (κ2) is 10.4. The van der Waals surface area contributed by atoms with E-state index >= 15 is 0 Å². The molecule has 3 fully saturated rings. The third-order valence-corrected chi connectivity index (χ3v) is 7.44. The number of benzene rings is 2. The maximum Gasteiger partial charge on any atom is 0.166 e. The van der Waals surface area contributed by atoms with Crippen LogP contribution in [0.15, 0.2) is 43.2 Å². The molecule has 2 unspecified atom stereocenters. The van der Waals surface area contributed by atoms with Crippen LogP contribution in [0.5, 0.6) is 11.5 Å². The second-order valence-electron chi connectivity index (χ2n) is 8.90. The van der Waals surface area contributed by atoms with Gasteiger partial charge in [-0.2, -0.15) is 0 Å². The molecule has 3 aliphatic rings. The minimum absolute atomic E-state index is 0.0549. The van der Waals surface area contributed by atoms with Crippen LogP contribution < -0.4 is 14.8 Å². The first-order chi connectivity index (χ1) is 17.4. The van der Waals surface area contributed by atoms with E-state index in [1.165, 1.54) is 24.5 Å². The summed E-state index contributed by atoms with van der Waals surface area (Å²) in [6.07, 6.45) is 3.16. The number of aromatic nitrogens is 2. The van der Waals surface area contributed by atoms with Gasteiger partial charge in [-0.3, -0.25) is 4.90 Å². The molecular weight excluding hydrogens is 510 g/mol. The number of fused-ring (bicyclic) bond motifs is 3. The summed E-state index contributed by atoms with van der Waals surface area (Å²) in [5.74, 6) is 1.06. The maximum atomic E-state index is 14.7. The molecule has 4 atom stereocenters. The van der Waals surface area contributed by atoms with Crippen molar-refractivity contribution in [2.24, 2.45) is 11.8 Å². The molecule has 3 N–H and O–H groups in total. The molecule has 190 valence electrons. The van der Waals surface area contributed by atoms with Crippen LogP contribution in [-0.2, 0) is 0 Å². The summed E-state index contributed by atoms with van der Waals surface area (Å²) >= 11 is 11.9. The molecular formula is C25H25Cl2FN4O4. The van der Waals surface area contributed by atoms with Crippen molar-refractivity contribution in [1.82, 2.24) is 14.9 Å². The molecule has 0 spiro atoms. The third kappa shape index (κ3) is 4.69. The van der Waals surface area contributed by atoms with Gasteiger partial charge in [0.25, 0.3) is 0 Å². The summed E-state index contributed by atoms with van der Waals surface area (Å²) in [4.78, 5) is 10.6. The average Bonchev–Trinajstić information content (AvgIpc) is 2.90. The van der Waals surface area contributed by atoms with Crippen LogP contribution in [0, 0.1) is 17.7 Å². The first-order valence-electron chi connectivity index (χ1n) is 11.5. The topological polar surface area (TPSA) is 100.0 Å². The summed E-state index contributed by atoms with van der Waals surface area (Å²) in [6.45, 7) is 4.99. The number of nitrogens with zero attached hydrogens (tertiary/aromatic N) is 3. The molecule has 11 heteroatoms. The highest BCUT2D eigenvalue weighted by molar-refractivity contribution is 6.42. The summed E-state index contributed by atoms with van der Waals surface area (Å²) in [5.41, 5.74) is 0.657. The zero-order valence-corrected chi connectivity index (χ0v) is 20.7. The van der Waals surface area contributed by atoms with Gasteiger partial charge in [-0.15, -0.1) is 0 Å². The van der Waals surface area contributed by atoms with E-state index in [0.717, 1.165) is 6.42 Å². The van der Waals surface area contributed by atoms with Gasteiger partial charge in [0.2, 0.25) is 0 Å². The summed E-state index contributed by atoms with van der Waals surface area (Å²) in [7, 11) is 0. The lowest BCUT2D eigenvalue weighted by Gasteiger charge is -2.53. The van der Waals surface area contributed by atoms with Crippen LogP contribution in [0.25, 0.3) is 10.9 Å². The van der Waals surface area contributed by atoms with Crippen molar-refractivity contribution in [2.75, 3.05) is 31.6 Å². The number of hydrogen-bond donors (Lipinski definition) is 3. The van der Waals surface area contributed by atoms with Crippen molar-refractivity contribution in [3.8, 4) is 11.5 Å². The fourth-order valence-electron chi connectivity index (χ4n) is 4.86. The van der Waals surface area contributed by atoms with Gasteiger partial charge >= 0.3 is 0 Å². The Labute approximate surface area is 217 Å². The Bertz CT molecular complexity index is 1280. The van der Waals surface area contributed by atoms with E-state index in [4.69, 9.17) is 32.7 Å². The molecule has 2 aliphatic heterocycles. The van der Waals surface area contributed by atoms with Crippen molar-refractivity contribution in [3.05, 3.63) is 59.1 Å². The predicted molar refractivity (Wildman–Crippen MR) is 136 cm³/mol. The average molecular weight is 535 g/mol. The van der Waals surface area contributed by atoms with Gasteiger partial charge in [0.15, 0.2) is 17.3 Å². The fraction of sp³-hybridized carbons (Fsp3) is 0.360. The molecule has 6 rings (SSSR count). The largest absolute Gasteiger partial charge is 0.487 e. The fourth-order valence-corrected chi connectivity index (χ4v) is 5.17. The number of rotatable bonds is 9. The minimum Gasteiger partial charge on any atom is -0.487 e. The number of ether oxygens (including phenoxy) is 2. The Morgan fingerprint density at radius 3 is 2.72 bits per heavy atom. The highest BCUT2D eigenvalue weighted by Gasteiger charge is 2.49. The van der Waals surface area contributed by atoms with Gasteiger partial charge in [0, 0.05) is 36.4 Å². The molecule has 8 nitrogen and oxygen atoms in total. The molecule has 0 radical (unpaired) electrons. The normalized spacial score (nSPS) is 22.1. The number of piperidine rings is 2. The van der Waals surface area contributed by atoms with Crippen molar-refractivity contribution in [1.29, 1.82) is 0 Å². The van der Waals surface area contributed by atoms with Gasteiger partial charge in [-0.25, -0.2) is 14.4 Å². The molecule has 1 aromatic heterocycles. The van der Waals surface area contributed by atoms with Crippen molar-refractivity contribution < 1.29 is 24.1 Å². The Balaban J connectivity index is 1.46. The second-order valence-corrected chi connectivity index (χ2v) is 9.69. The van der Waals surface area contributed by atoms with Crippen LogP contribution in [0.3, 0.4) is 0 Å². The quantitative estimate of drug-likeness (QED) is 0.274. The molecule has 2 saturated heterocycles. The van der Waals surface area contributed by atoms with Crippen molar-refractivity contribution in [2.45, 2.75) is 18.8 Å². The van der Waals surface area contributed by atoms with E-state index in [0.29, 0.717) is 41.3 Å². The SMILES string of the molecule is C=CC(O)N1C[C@H]2C[C@@H](C1)C2Oc1cc2c(Nc3ccc(Cl)c(Cl)c3F)ncnc2cc1OCCO. The van der Waals surface area contributed by atoms with E-state index in [-0.39, 0.29) is 46.9 Å². The lowest BCUT2D eigenvalue weighted by molar-refractivity contribution is -0.126. The van der Waals surface area contributed by atoms with E-state index in [1.807, 2.05) is 4.90 Å². The molecule has 3 heterocycles. The molecule has 3 aromatic rings. The number of aliphatic hydroxyl groups excluding tert-OH is 2. The predicted octanol–water partition coefficient (Wildman–Crippen LogP) is 4.39. The highest BCUT2D eigenvalue weighted by atomic mass is 35.5. The molecule has 36 heavy (non-hydrogen) atoms. The van der Waals surface area contributed by atoms with Gasteiger partial charge in [0.05, 0.1) is 27.9 Å². The van der Waals surface area contributed by atoms with Crippen molar-refractivity contribution >= 4 is 45.6 Å². The first-order valence-corrected chi connectivity index (χ1v) is 12.3. The summed E-state index contributed by atoms with van der Waals surface area (Å²) < 4.78 is 26.9. The Kier molecular flexibility index (Phi) is 7.18. The smallest absolute Gasteiger partial charge is 0.166 e. The number of nitrogens with one attached hydrogen (secondary N) is 1.